The Bertz CT molecular complexity index is 911. The molecule has 126 valence electrons. The second-order valence-corrected chi connectivity index (χ2v) is 7.38. The topological polar surface area (TPSA) is 41.9 Å². The molecule has 0 spiro atoms. The van der Waals surface area contributed by atoms with Gasteiger partial charge in [-0.3, -0.25) is 9.88 Å². The van der Waals surface area contributed by atoms with E-state index in [1.165, 1.54) is 40.4 Å². The Balaban J connectivity index is 1.37. The minimum Gasteiger partial charge on any atom is -0.293 e. The van der Waals surface area contributed by atoms with Crippen molar-refractivity contribution in [2.45, 2.75) is 38.8 Å². The zero-order chi connectivity index (χ0) is 16.6. The van der Waals surface area contributed by atoms with Crippen LogP contribution in [0.4, 0.5) is 0 Å². The fourth-order valence-electron chi connectivity index (χ4n) is 3.78. The molecule has 3 aromatic rings. The third-order valence-electron chi connectivity index (χ3n) is 5.41. The average molecular weight is 330 g/mol. The number of benzene rings is 1. The van der Waals surface area contributed by atoms with E-state index in [9.17, 15) is 0 Å². The summed E-state index contributed by atoms with van der Waals surface area (Å²) in [6, 6.07) is 8.62. The molecule has 0 atom stereocenters. The van der Waals surface area contributed by atoms with E-state index in [0.29, 0.717) is 0 Å². The van der Waals surface area contributed by atoms with Crippen molar-refractivity contribution >= 4 is 10.8 Å². The van der Waals surface area contributed by atoms with Gasteiger partial charge in [-0.1, -0.05) is 18.2 Å². The number of pyridine rings is 1. The molecule has 1 saturated carbocycles. The van der Waals surface area contributed by atoms with Gasteiger partial charge in [0.25, 0.3) is 0 Å². The Hall–Kier alpha value is -2.33. The summed E-state index contributed by atoms with van der Waals surface area (Å²) in [5.74, 6) is 1.88. The minimum absolute atomic E-state index is 0.835. The van der Waals surface area contributed by atoms with E-state index in [1.807, 2.05) is 12.4 Å². The zero-order valence-corrected chi connectivity index (χ0v) is 14.4. The summed E-state index contributed by atoms with van der Waals surface area (Å²) >= 11 is 0. The molecule has 0 unspecified atom stereocenters. The quantitative estimate of drug-likeness (QED) is 0.734. The molecule has 2 aliphatic rings. The predicted octanol–water partition coefficient (Wildman–Crippen LogP) is 3.54. The van der Waals surface area contributed by atoms with Crippen molar-refractivity contribution in [3.63, 3.8) is 0 Å². The lowest BCUT2D eigenvalue weighted by molar-refractivity contribution is 0.241. The van der Waals surface area contributed by atoms with Gasteiger partial charge in [-0.15, -0.1) is 0 Å². The van der Waals surface area contributed by atoms with Crippen LogP contribution < -0.4 is 0 Å². The summed E-state index contributed by atoms with van der Waals surface area (Å²) in [4.78, 5) is 16.2. The summed E-state index contributed by atoms with van der Waals surface area (Å²) in [5.41, 5.74) is 3.94. The summed E-state index contributed by atoms with van der Waals surface area (Å²) in [6.07, 6.45) is 10.7. The van der Waals surface area contributed by atoms with Crippen LogP contribution in [0.2, 0.25) is 0 Å². The molecule has 1 fully saturated rings. The van der Waals surface area contributed by atoms with Crippen LogP contribution in [-0.4, -0.2) is 26.4 Å². The van der Waals surface area contributed by atoms with Crippen molar-refractivity contribution in [3.8, 4) is 0 Å². The van der Waals surface area contributed by atoms with Gasteiger partial charge in [-0.25, -0.2) is 9.97 Å². The maximum Gasteiger partial charge on any atom is 0.128 e. The second kappa shape index (κ2) is 6.19. The first-order valence-electron chi connectivity index (χ1n) is 9.23. The normalized spacial score (nSPS) is 17.6. The first-order chi connectivity index (χ1) is 12.3. The number of nitrogens with zero attached hydrogens (tertiary/aromatic N) is 4. The van der Waals surface area contributed by atoms with Gasteiger partial charge in [0.15, 0.2) is 0 Å². The van der Waals surface area contributed by atoms with E-state index in [4.69, 9.17) is 4.98 Å². The number of hydrogen-bond acceptors (Lipinski definition) is 4. The molecule has 4 nitrogen and oxygen atoms in total. The number of hydrogen-bond donors (Lipinski definition) is 0. The lowest BCUT2D eigenvalue weighted by Gasteiger charge is -2.28. The van der Waals surface area contributed by atoms with Crippen LogP contribution >= 0.6 is 0 Å². The van der Waals surface area contributed by atoms with Crippen LogP contribution in [0.15, 0.2) is 42.9 Å². The summed E-state index contributed by atoms with van der Waals surface area (Å²) in [7, 11) is 0. The Morgan fingerprint density at radius 2 is 2.08 bits per heavy atom. The molecule has 4 heteroatoms. The molecule has 0 amide bonds. The highest BCUT2D eigenvalue weighted by Crippen LogP contribution is 2.32. The minimum atomic E-state index is 0.835. The van der Waals surface area contributed by atoms with Gasteiger partial charge < -0.3 is 0 Å². The van der Waals surface area contributed by atoms with E-state index < -0.39 is 0 Å². The van der Waals surface area contributed by atoms with Crippen molar-refractivity contribution in [1.82, 2.24) is 19.9 Å². The van der Waals surface area contributed by atoms with Gasteiger partial charge in [0, 0.05) is 50.0 Å². The molecule has 0 saturated heterocycles. The predicted molar refractivity (Wildman–Crippen MR) is 98.0 cm³/mol. The number of rotatable bonds is 4. The van der Waals surface area contributed by atoms with Crippen molar-refractivity contribution in [2.75, 3.05) is 6.54 Å². The summed E-state index contributed by atoms with van der Waals surface area (Å²) < 4.78 is 0. The molecule has 3 heterocycles. The Morgan fingerprint density at radius 3 is 3.00 bits per heavy atom. The first kappa shape index (κ1) is 15.0. The standard InChI is InChI=1S/C21H22N4/c1-2-16-11-22-8-6-19(16)18(3-1)13-25-9-7-17-12-23-21(10-15-4-5-15)24-20(17)14-25/h1-3,6,8,11-12,15H,4-5,7,9-10,13-14H2. The molecular formula is C21H22N4. The number of fused-ring (bicyclic) bond motifs is 2. The van der Waals surface area contributed by atoms with Gasteiger partial charge >= 0.3 is 0 Å². The van der Waals surface area contributed by atoms with Gasteiger partial charge in [0.05, 0.1) is 5.69 Å². The highest BCUT2D eigenvalue weighted by atomic mass is 15.1. The molecule has 5 rings (SSSR count). The molecule has 1 aromatic carbocycles. The summed E-state index contributed by atoms with van der Waals surface area (Å²) in [5, 5.41) is 2.52. The molecule has 1 aliphatic carbocycles. The van der Waals surface area contributed by atoms with Crippen LogP contribution in [0.1, 0.15) is 35.5 Å². The van der Waals surface area contributed by atoms with Crippen molar-refractivity contribution in [2.24, 2.45) is 5.92 Å². The molecule has 25 heavy (non-hydrogen) atoms. The fourth-order valence-corrected chi connectivity index (χ4v) is 3.78. The smallest absolute Gasteiger partial charge is 0.128 e. The zero-order valence-electron chi connectivity index (χ0n) is 14.4. The maximum absolute atomic E-state index is 4.88. The summed E-state index contributed by atoms with van der Waals surface area (Å²) in [6.45, 7) is 2.96. The van der Waals surface area contributed by atoms with Gasteiger partial charge in [-0.2, -0.15) is 0 Å². The van der Waals surface area contributed by atoms with Crippen LogP contribution in [-0.2, 0) is 25.9 Å². The van der Waals surface area contributed by atoms with Crippen molar-refractivity contribution in [1.29, 1.82) is 0 Å². The first-order valence-corrected chi connectivity index (χ1v) is 9.23. The lowest BCUT2D eigenvalue weighted by Crippen LogP contribution is -2.31. The van der Waals surface area contributed by atoms with Gasteiger partial charge in [-0.05, 0) is 47.8 Å². The second-order valence-electron chi connectivity index (χ2n) is 7.38. The van der Waals surface area contributed by atoms with E-state index in [2.05, 4.69) is 45.3 Å². The largest absolute Gasteiger partial charge is 0.293 e. The third-order valence-corrected chi connectivity index (χ3v) is 5.41. The van der Waals surface area contributed by atoms with Crippen molar-refractivity contribution in [3.05, 3.63) is 65.5 Å². The molecular weight excluding hydrogens is 308 g/mol. The molecule has 0 N–H and O–H groups in total. The van der Waals surface area contributed by atoms with Crippen LogP contribution in [0.5, 0.6) is 0 Å². The Morgan fingerprint density at radius 1 is 1.12 bits per heavy atom. The van der Waals surface area contributed by atoms with Gasteiger partial charge in [0.1, 0.15) is 5.82 Å². The third kappa shape index (κ3) is 3.14. The van der Waals surface area contributed by atoms with Gasteiger partial charge in [0.2, 0.25) is 0 Å². The molecule has 0 radical (unpaired) electrons. The van der Waals surface area contributed by atoms with Crippen LogP contribution in [0.25, 0.3) is 10.8 Å². The molecule has 0 bridgehead atoms. The molecule has 1 aliphatic heterocycles. The lowest BCUT2D eigenvalue weighted by atomic mass is 10.0. The number of aromatic nitrogens is 3. The van der Waals surface area contributed by atoms with E-state index in [1.54, 1.807) is 0 Å². The van der Waals surface area contributed by atoms with Crippen molar-refractivity contribution < 1.29 is 0 Å². The fraction of sp³-hybridized carbons (Fsp3) is 0.381. The van der Waals surface area contributed by atoms with Crippen LogP contribution in [0, 0.1) is 5.92 Å². The average Bonchev–Trinajstić information content (AvgIpc) is 3.46. The highest BCUT2D eigenvalue weighted by molar-refractivity contribution is 5.84. The van der Waals surface area contributed by atoms with Crippen LogP contribution in [0.3, 0.4) is 0 Å². The SMILES string of the molecule is c1cc(CN2CCc3cnc(CC4CC4)nc3C2)c2ccncc2c1. The van der Waals surface area contributed by atoms with E-state index in [0.717, 1.165) is 44.2 Å². The highest BCUT2D eigenvalue weighted by Gasteiger charge is 2.24. The Labute approximate surface area is 147 Å². The molecule has 2 aromatic heterocycles. The maximum atomic E-state index is 4.88. The monoisotopic (exact) mass is 330 g/mol. The van der Waals surface area contributed by atoms with E-state index in [-0.39, 0.29) is 0 Å². The Kier molecular flexibility index (Phi) is 3.71. The van der Waals surface area contributed by atoms with E-state index >= 15 is 0 Å².